The third-order valence-electron chi connectivity index (χ3n) is 5.18. The minimum absolute atomic E-state index is 0.0710. The lowest BCUT2D eigenvalue weighted by molar-refractivity contribution is -0.663. The van der Waals surface area contributed by atoms with Crippen molar-refractivity contribution >= 4 is 28.7 Å². The van der Waals surface area contributed by atoms with Gasteiger partial charge in [-0.15, -0.1) is 0 Å². The van der Waals surface area contributed by atoms with Crippen molar-refractivity contribution in [1.29, 1.82) is 0 Å². The number of nitrogens with two attached hydrogens (primary N) is 2. The number of rotatable bonds is 4. The first kappa shape index (κ1) is 24.7. The maximum Gasteiger partial charge on any atom is 0.430 e. The fraction of sp³-hybridized carbons (Fsp3) is 0.273. The Bertz CT molecular complexity index is 1200. The van der Waals surface area contributed by atoms with Crippen LogP contribution in [0.3, 0.4) is 0 Å². The normalized spacial score (nSPS) is 14.2. The van der Waals surface area contributed by atoms with Gasteiger partial charge in [0.2, 0.25) is 0 Å². The van der Waals surface area contributed by atoms with Crippen LogP contribution in [0.5, 0.6) is 0 Å². The van der Waals surface area contributed by atoms with Gasteiger partial charge in [-0.05, 0) is 24.3 Å². The van der Waals surface area contributed by atoms with E-state index in [1.54, 1.807) is 28.9 Å². The summed E-state index contributed by atoms with van der Waals surface area (Å²) in [7, 11) is 0. The third kappa shape index (κ3) is 6.10. The second-order valence-electron chi connectivity index (χ2n) is 7.63. The molecule has 0 spiro atoms. The summed E-state index contributed by atoms with van der Waals surface area (Å²) in [5.41, 5.74) is 7.72. The minimum atomic E-state index is -5.19. The summed E-state index contributed by atoms with van der Waals surface area (Å²) in [5.74, 6) is -3.59. The molecule has 5 N–H and O–H groups in total. The number of hydrogen-bond donors (Lipinski definition) is 3. The molecule has 0 saturated carbocycles. The number of nitrogens with zero attached hydrogens (tertiary/aromatic N) is 2. The fourth-order valence-corrected chi connectivity index (χ4v) is 3.51. The van der Waals surface area contributed by atoms with E-state index in [0.29, 0.717) is 16.6 Å². The van der Waals surface area contributed by atoms with Crippen LogP contribution in [0.4, 0.5) is 13.2 Å². The topological polar surface area (TPSA) is 147 Å². The first-order chi connectivity index (χ1) is 16.1. The van der Waals surface area contributed by atoms with E-state index in [0.717, 1.165) is 37.0 Å². The number of carbonyl (C=O) groups excluding carboxylic acids is 3. The Hall–Kier alpha value is -3.93. The van der Waals surface area contributed by atoms with Gasteiger partial charge in [-0.2, -0.15) is 18.3 Å². The average Bonchev–Trinajstić information content (AvgIpc) is 3.24. The predicted molar refractivity (Wildman–Crippen MR) is 113 cm³/mol. The van der Waals surface area contributed by atoms with Crippen LogP contribution in [0.15, 0.2) is 48.7 Å². The van der Waals surface area contributed by atoms with E-state index in [-0.39, 0.29) is 11.9 Å². The molecule has 1 aliphatic rings. The van der Waals surface area contributed by atoms with Crippen LogP contribution in [0, 0.1) is 0 Å². The molecule has 34 heavy (non-hydrogen) atoms. The molecule has 1 aromatic heterocycles. The number of carbonyl (C=O) groups is 3. The largest absolute Gasteiger partial charge is 0.542 e. The SMILES string of the molecule is NC(=O)c1cccc2cn(-c3cccc(C(=O)NC4CC[NH2+]CC4)c3)nc12.O=C([O-])C(F)(F)F. The molecule has 2 amide bonds. The molecule has 1 saturated heterocycles. The standard InChI is InChI=1S/C20H21N5O2.C2HF3O2/c21-19(26)17-6-2-4-14-12-25(24-18(14)17)16-5-1-3-13(11-16)20(27)23-15-7-9-22-10-8-15;3-2(4,5)1(6)7/h1-6,11-12,15,22H,7-10H2,(H2,21,26)(H,23,27);(H,6,7). The lowest BCUT2D eigenvalue weighted by Crippen LogP contribution is -2.87. The van der Waals surface area contributed by atoms with E-state index < -0.39 is 18.1 Å². The van der Waals surface area contributed by atoms with Crippen molar-refractivity contribution in [2.24, 2.45) is 5.73 Å². The number of alkyl halides is 3. The molecule has 180 valence electrons. The Morgan fingerprint density at radius 1 is 1.12 bits per heavy atom. The third-order valence-corrected chi connectivity index (χ3v) is 5.18. The molecule has 1 fully saturated rings. The maximum atomic E-state index is 12.6. The second-order valence-corrected chi connectivity index (χ2v) is 7.63. The van der Waals surface area contributed by atoms with E-state index in [4.69, 9.17) is 15.6 Å². The van der Waals surface area contributed by atoms with Crippen LogP contribution >= 0.6 is 0 Å². The number of carboxylic acids is 1. The Kier molecular flexibility index (Phi) is 7.51. The van der Waals surface area contributed by atoms with E-state index >= 15 is 0 Å². The molecule has 2 aromatic carbocycles. The molecular weight excluding hydrogens is 455 g/mol. The Morgan fingerprint density at radius 2 is 1.76 bits per heavy atom. The zero-order valence-electron chi connectivity index (χ0n) is 17.8. The molecule has 0 atom stereocenters. The number of amides is 2. The number of carboxylic acid groups (broad SMARTS) is 1. The fourth-order valence-electron chi connectivity index (χ4n) is 3.51. The van der Waals surface area contributed by atoms with Gasteiger partial charge in [0, 0.05) is 36.0 Å². The van der Waals surface area contributed by atoms with Crippen molar-refractivity contribution in [3.63, 3.8) is 0 Å². The van der Waals surface area contributed by atoms with Crippen molar-refractivity contribution in [2.45, 2.75) is 25.1 Å². The second kappa shape index (κ2) is 10.3. The van der Waals surface area contributed by atoms with Crippen LogP contribution < -0.4 is 21.5 Å². The molecule has 0 bridgehead atoms. The molecular formula is C22H22F3N5O4. The van der Waals surface area contributed by atoms with E-state index in [9.17, 15) is 22.8 Å². The number of quaternary nitrogens is 1. The van der Waals surface area contributed by atoms with Crippen molar-refractivity contribution in [2.75, 3.05) is 13.1 Å². The van der Waals surface area contributed by atoms with Gasteiger partial charge in [0.05, 0.1) is 24.3 Å². The summed E-state index contributed by atoms with van der Waals surface area (Å²) in [5, 5.41) is 19.5. The molecule has 2 heterocycles. The summed E-state index contributed by atoms with van der Waals surface area (Å²) in [6, 6.07) is 12.9. The van der Waals surface area contributed by atoms with Gasteiger partial charge >= 0.3 is 6.18 Å². The van der Waals surface area contributed by atoms with Gasteiger partial charge in [-0.3, -0.25) is 9.59 Å². The number of benzene rings is 2. The average molecular weight is 477 g/mol. The molecule has 12 heteroatoms. The first-order valence-electron chi connectivity index (χ1n) is 10.4. The number of halogens is 3. The van der Waals surface area contributed by atoms with Gasteiger partial charge in [0.15, 0.2) is 0 Å². The lowest BCUT2D eigenvalue weighted by Gasteiger charge is -2.21. The number of fused-ring (bicyclic) bond motifs is 1. The van der Waals surface area contributed by atoms with Gasteiger partial charge in [-0.25, -0.2) is 4.68 Å². The smallest absolute Gasteiger partial charge is 0.430 e. The van der Waals surface area contributed by atoms with Crippen LogP contribution in [-0.2, 0) is 4.79 Å². The molecule has 1 aliphatic heterocycles. The van der Waals surface area contributed by atoms with E-state index in [2.05, 4.69) is 15.7 Å². The molecule has 0 radical (unpaired) electrons. The molecule has 9 nitrogen and oxygen atoms in total. The molecule has 0 unspecified atom stereocenters. The monoisotopic (exact) mass is 477 g/mol. The number of nitrogens with one attached hydrogen (secondary N) is 1. The van der Waals surface area contributed by atoms with Crippen LogP contribution in [-0.4, -0.2) is 52.9 Å². The highest BCUT2D eigenvalue weighted by Crippen LogP contribution is 2.20. The number of aliphatic carboxylic acids is 1. The zero-order chi connectivity index (χ0) is 24.9. The molecule has 3 aromatic rings. The van der Waals surface area contributed by atoms with Crippen molar-refractivity contribution < 1.29 is 38.0 Å². The number of aromatic nitrogens is 2. The number of hydrogen-bond acceptors (Lipinski definition) is 5. The highest BCUT2D eigenvalue weighted by molar-refractivity contribution is 6.04. The van der Waals surface area contributed by atoms with Crippen molar-refractivity contribution in [3.05, 3.63) is 59.8 Å². The summed E-state index contributed by atoms with van der Waals surface area (Å²) >= 11 is 0. The van der Waals surface area contributed by atoms with Gasteiger partial charge in [0.25, 0.3) is 11.8 Å². The van der Waals surface area contributed by atoms with Crippen LogP contribution in [0.1, 0.15) is 33.6 Å². The predicted octanol–water partition coefficient (Wildman–Crippen LogP) is -0.121. The zero-order valence-corrected chi connectivity index (χ0v) is 17.8. The molecule has 4 rings (SSSR count). The summed E-state index contributed by atoms with van der Waals surface area (Å²) in [6.45, 7) is 2.10. The van der Waals surface area contributed by atoms with Gasteiger partial charge in [-0.1, -0.05) is 18.2 Å². The summed E-state index contributed by atoms with van der Waals surface area (Å²) < 4.78 is 33.2. The van der Waals surface area contributed by atoms with Crippen molar-refractivity contribution in [3.8, 4) is 5.69 Å². The van der Waals surface area contributed by atoms with E-state index in [1.165, 1.54) is 0 Å². The Morgan fingerprint density at radius 3 is 2.38 bits per heavy atom. The summed E-state index contributed by atoms with van der Waals surface area (Å²) in [4.78, 5) is 33.0. The van der Waals surface area contributed by atoms with Crippen LogP contribution in [0.2, 0.25) is 0 Å². The van der Waals surface area contributed by atoms with Crippen LogP contribution in [0.25, 0.3) is 16.6 Å². The maximum absolute atomic E-state index is 12.6. The lowest BCUT2D eigenvalue weighted by atomic mass is 10.1. The Balaban J connectivity index is 0.000000406. The Labute approximate surface area is 191 Å². The quantitative estimate of drug-likeness (QED) is 0.479. The molecule has 0 aliphatic carbocycles. The number of piperidine rings is 1. The van der Waals surface area contributed by atoms with Gasteiger partial charge in [0.1, 0.15) is 11.5 Å². The highest BCUT2D eigenvalue weighted by Gasteiger charge is 2.28. The van der Waals surface area contributed by atoms with Gasteiger partial charge < -0.3 is 26.3 Å². The van der Waals surface area contributed by atoms with Crippen molar-refractivity contribution in [1.82, 2.24) is 15.1 Å². The minimum Gasteiger partial charge on any atom is -0.542 e. The number of primary amides is 1. The summed E-state index contributed by atoms with van der Waals surface area (Å²) in [6.07, 6.45) is -1.38. The first-order valence-corrected chi connectivity index (χ1v) is 10.4. The van der Waals surface area contributed by atoms with E-state index in [1.807, 2.05) is 24.4 Å². The highest BCUT2D eigenvalue weighted by atomic mass is 19.4.